The van der Waals surface area contributed by atoms with Gasteiger partial charge in [0.1, 0.15) is 5.58 Å². The van der Waals surface area contributed by atoms with Crippen molar-refractivity contribution in [1.82, 2.24) is 4.98 Å². The molecule has 0 aliphatic heterocycles. The second-order valence-corrected chi connectivity index (χ2v) is 10.7. The number of aryl methyl sites for hydroxylation is 1. The molecule has 5 aromatic rings. The Morgan fingerprint density at radius 2 is 1.64 bits per heavy atom. The Morgan fingerprint density at radius 3 is 2.31 bits per heavy atom. The summed E-state index contributed by atoms with van der Waals surface area (Å²) < 4.78 is 6.23. The van der Waals surface area contributed by atoms with Crippen LogP contribution in [0.4, 0.5) is 0 Å². The van der Waals surface area contributed by atoms with E-state index < -0.39 is 0 Å². The predicted octanol–water partition coefficient (Wildman–Crippen LogP) is 9.34. The van der Waals surface area contributed by atoms with E-state index in [9.17, 15) is 9.90 Å². The summed E-state index contributed by atoms with van der Waals surface area (Å²) in [6.45, 7) is 13.8. The minimum absolute atomic E-state index is 0. The van der Waals surface area contributed by atoms with Gasteiger partial charge in [-0.2, -0.15) is 0 Å². The monoisotopic (exact) mass is 699 g/mol. The zero-order valence-corrected chi connectivity index (χ0v) is 26.0. The fourth-order valence-electron chi connectivity index (χ4n) is 4.30. The van der Waals surface area contributed by atoms with Crippen molar-refractivity contribution >= 4 is 38.5 Å². The van der Waals surface area contributed by atoms with Crippen molar-refractivity contribution in [2.45, 2.75) is 54.4 Å². The van der Waals surface area contributed by atoms with Crippen LogP contribution in [0.1, 0.15) is 58.6 Å². The Bertz CT molecular complexity index is 1640. The fourth-order valence-corrected chi connectivity index (χ4v) is 4.30. The molecule has 0 unspecified atom stereocenters. The summed E-state index contributed by atoms with van der Waals surface area (Å²) in [7, 11) is 0. The van der Waals surface area contributed by atoms with Gasteiger partial charge in [0.15, 0.2) is 5.78 Å². The first kappa shape index (κ1) is 30.3. The number of aliphatic hydroxyl groups is 1. The maximum Gasteiger partial charge on any atom is 0.161 e. The Hall–Kier alpha value is -3.27. The first-order chi connectivity index (χ1) is 18.1. The van der Waals surface area contributed by atoms with Crippen LogP contribution >= 0.6 is 0 Å². The normalized spacial score (nSPS) is 11.8. The molecule has 1 radical (unpaired) electrons. The molecular formula is C34H36IrNO3-. The number of rotatable bonds is 5. The van der Waals surface area contributed by atoms with E-state index in [1.807, 2.05) is 52.1 Å². The van der Waals surface area contributed by atoms with E-state index in [1.54, 1.807) is 0 Å². The van der Waals surface area contributed by atoms with Crippen molar-refractivity contribution in [3.05, 3.63) is 89.8 Å². The number of para-hydroxylation sites is 1. The van der Waals surface area contributed by atoms with Gasteiger partial charge in [0.2, 0.25) is 0 Å². The number of nitrogens with zero attached hydrogens (tertiary/aromatic N) is 1. The molecule has 5 heteroatoms. The van der Waals surface area contributed by atoms with E-state index in [-0.39, 0.29) is 43.5 Å². The molecule has 2 aromatic heterocycles. The van der Waals surface area contributed by atoms with E-state index in [2.05, 4.69) is 63.2 Å². The van der Waals surface area contributed by atoms with Gasteiger partial charge < -0.3 is 14.5 Å². The van der Waals surface area contributed by atoms with Crippen LogP contribution in [0.5, 0.6) is 0 Å². The molecule has 4 nitrogen and oxygen atoms in total. The molecule has 0 saturated carbocycles. The Kier molecular flexibility index (Phi) is 9.88. The first-order valence-electron chi connectivity index (χ1n) is 13.2. The summed E-state index contributed by atoms with van der Waals surface area (Å²) in [6, 6.07) is 22.5. The average Bonchev–Trinajstić information content (AvgIpc) is 3.26. The van der Waals surface area contributed by atoms with Crippen LogP contribution in [-0.4, -0.2) is 15.9 Å². The molecule has 2 heterocycles. The number of hydrogen-bond donors (Lipinski definition) is 1. The molecule has 0 saturated heterocycles. The van der Waals surface area contributed by atoms with Crippen molar-refractivity contribution in [2.75, 3.05) is 0 Å². The minimum atomic E-state index is -0.0316. The topological polar surface area (TPSA) is 63.3 Å². The second-order valence-electron chi connectivity index (χ2n) is 10.7. The third-order valence-electron chi connectivity index (χ3n) is 6.69. The van der Waals surface area contributed by atoms with Gasteiger partial charge in [-0.05, 0) is 40.1 Å². The minimum Gasteiger partial charge on any atom is -0.512 e. The van der Waals surface area contributed by atoms with Crippen LogP contribution in [0.2, 0.25) is 0 Å². The van der Waals surface area contributed by atoms with Gasteiger partial charge in [0.05, 0.1) is 11.3 Å². The number of carbonyl (C=O) groups is 1. The summed E-state index contributed by atoms with van der Waals surface area (Å²) in [4.78, 5) is 15.7. The number of aromatic nitrogens is 1. The van der Waals surface area contributed by atoms with Crippen LogP contribution in [0, 0.1) is 24.8 Å². The fraction of sp³-hybridized carbons (Fsp3) is 0.294. The summed E-state index contributed by atoms with van der Waals surface area (Å²) in [5.74, 6) is 0.659. The standard InChI is InChI=1S/C25H20NO.C9H16O2.Ir/c1-15(2)17-8-9-19-18(14-17)10-11-26-24(19)22-13-16(3)12-21-20-6-4-5-7-23(20)27-25(21)22;1-6(2)8(10)5-9(11)7(3)4;/h4-12,14-15H,1-3H3;5-7,10H,1-4H3;/q-1;;/b;8-5-;. The number of furan rings is 1. The molecule has 0 spiro atoms. The maximum absolute atomic E-state index is 11.0. The van der Waals surface area contributed by atoms with E-state index in [0.29, 0.717) is 5.92 Å². The van der Waals surface area contributed by atoms with Gasteiger partial charge in [0.25, 0.3) is 0 Å². The van der Waals surface area contributed by atoms with Gasteiger partial charge >= 0.3 is 0 Å². The largest absolute Gasteiger partial charge is 0.512 e. The number of aliphatic hydroxyl groups excluding tert-OH is 1. The van der Waals surface area contributed by atoms with E-state index in [4.69, 9.17) is 9.40 Å². The number of pyridine rings is 1. The SMILES string of the molecule is CC(C)C(=O)/C=C(\O)C(C)C.Cc1[c-]c(-c2nccc3cc(C(C)C)ccc23)c2oc3ccccc3c2c1.[Ir]. The molecule has 0 fully saturated rings. The molecule has 205 valence electrons. The number of ketones is 1. The van der Waals surface area contributed by atoms with Crippen molar-refractivity contribution in [3.8, 4) is 11.3 Å². The van der Waals surface area contributed by atoms with E-state index in [0.717, 1.165) is 44.1 Å². The van der Waals surface area contributed by atoms with Gasteiger partial charge in [0, 0.05) is 49.6 Å². The van der Waals surface area contributed by atoms with Gasteiger partial charge in [-0.15, -0.1) is 17.7 Å². The summed E-state index contributed by atoms with van der Waals surface area (Å²) >= 11 is 0. The average molecular weight is 699 g/mol. The zero-order valence-electron chi connectivity index (χ0n) is 23.6. The van der Waals surface area contributed by atoms with E-state index >= 15 is 0 Å². The maximum atomic E-state index is 11.0. The number of allylic oxidation sites excluding steroid dienone is 2. The molecule has 0 aliphatic carbocycles. The van der Waals surface area contributed by atoms with Crippen molar-refractivity contribution in [1.29, 1.82) is 0 Å². The first-order valence-corrected chi connectivity index (χ1v) is 13.2. The molecule has 0 amide bonds. The molecule has 0 atom stereocenters. The van der Waals surface area contributed by atoms with Gasteiger partial charge in [-0.25, -0.2) is 0 Å². The van der Waals surface area contributed by atoms with Crippen LogP contribution in [0.3, 0.4) is 0 Å². The van der Waals surface area contributed by atoms with Crippen molar-refractivity contribution in [2.24, 2.45) is 11.8 Å². The van der Waals surface area contributed by atoms with Crippen LogP contribution in [-0.2, 0) is 24.9 Å². The van der Waals surface area contributed by atoms with E-state index in [1.165, 1.54) is 17.0 Å². The Balaban J connectivity index is 0.000000301. The summed E-state index contributed by atoms with van der Waals surface area (Å²) in [5, 5.41) is 13.8. The molecule has 0 bridgehead atoms. The van der Waals surface area contributed by atoms with Gasteiger partial charge in [-0.1, -0.05) is 95.8 Å². The predicted molar refractivity (Wildman–Crippen MR) is 158 cm³/mol. The Labute approximate surface area is 244 Å². The van der Waals surface area contributed by atoms with Crippen LogP contribution in [0.25, 0.3) is 44.0 Å². The van der Waals surface area contributed by atoms with Crippen molar-refractivity contribution < 1.29 is 34.4 Å². The summed E-state index contributed by atoms with van der Waals surface area (Å²) in [6.07, 6.45) is 3.20. The third-order valence-corrected chi connectivity index (χ3v) is 6.69. The van der Waals surface area contributed by atoms with Crippen LogP contribution in [0.15, 0.2) is 77.0 Å². The Morgan fingerprint density at radius 1 is 0.923 bits per heavy atom. The molecule has 1 N–H and O–H groups in total. The third kappa shape index (κ3) is 6.66. The van der Waals surface area contributed by atoms with Gasteiger partial charge in [-0.3, -0.25) is 4.79 Å². The number of carbonyl (C=O) groups excluding carboxylic acids is 1. The molecule has 0 aliphatic rings. The number of fused-ring (bicyclic) bond motifs is 4. The molecule has 5 rings (SSSR count). The van der Waals surface area contributed by atoms with Crippen LogP contribution < -0.4 is 0 Å². The molecular weight excluding hydrogens is 663 g/mol. The van der Waals surface area contributed by atoms with Crippen molar-refractivity contribution in [3.63, 3.8) is 0 Å². The quantitative estimate of drug-likeness (QED) is 0.113. The molecule has 39 heavy (non-hydrogen) atoms. The second kappa shape index (κ2) is 12.7. The molecule has 3 aromatic carbocycles. The summed E-state index contributed by atoms with van der Waals surface area (Å²) in [5.41, 5.74) is 6.04. The zero-order chi connectivity index (χ0) is 27.6. The number of hydrogen-bond acceptors (Lipinski definition) is 4. The smallest absolute Gasteiger partial charge is 0.161 e. The number of benzene rings is 3.